The molecule has 1 rings (SSSR count). The number of carbonyl (C=O) groups is 1. The fourth-order valence-corrected chi connectivity index (χ4v) is 1.45. The number of esters is 1. The molecular formula is C14H23N3O2. The zero-order valence-electron chi connectivity index (χ0n) is 12.1. The summed E-state index contributed by atoms with van der Waals surface area (Å²) in [5.41, 5.74) is 6.80. The summed E-state index contributed by atoms with van der Waals surface area (Å²) in [5, 5.41) is 3.20. The van der Waals surface area contributed by atoms with E-state index in [0.717, 1.165) is 13.0 Å². The minimum atomic E-state index is -0.416. The summed E-state index contributed by atoms with van der Waals surface area (Å²) in [6.45, 7) is 9.28. The summed E-state index contributed by atoms with van der Waals surface area (Å²) in [7, 11) is 0. The number of rotatable bonds is 6. The molecule has 0 atom stereocenters. The molecule has 0 aliphatic heterocycles. The van der Waals surface area contributed by atoms with Crippen molar-refractivity contribution in [3.05, 3.63) is 17.8 Å². The molecule has 0 unspecified atom stereocenters. The molecule has 0 amide bonds. The maximum absolute atomic E-state index is 11.7. The second-order valence-corrected chi connectivity index (χ2v) is 5.21. The average Bonchev–Trinajstić information content (AvgIpc) is 2.38. The van der Waals surface area contributed by atoms with Crippen molar-refractivity contribution < 1.29 is 9.53 Å². The quantitative estimate of drug-likeness (QED) is 0.773. The van der Waals surface area contributed by atoms with Gasteiger partial charge in [-0.3, -0.25) is 0 Å². The van der Waals surface area contributed by atoms with Crippen LogP contribution in [0.25, 0.3) is 0 Å². The van der Waals surface area contributed by atoms with Gasteiger partial charge in [-0.05, 0) is 24.8 Å². The van der Waals surface area contributed by atoms with Crippen LogP contribution in [0.15, 0.2) is 12.3 Å². The summed E-state index contributed by atoms with van der Waals surface area (Å²) in [5.74, 6) is 0.118. The van der Waals surface area contributed by atoms with Crippen LogP contribution < -0.4 is 11.1 Å². The van der Waals surface area contributed by atoms with Crippen molar-refractivity contribution >= 4 is 17.5 Å². The van der Waals surface area contributed by atoms with Gasteiger partial charge in [-0.25, -0.2) is 9.78 Å². The predicted molar refractivity (Wildman–Crippen MR) is 77.2 cm³/mol. The first-order valence-electron chi connectivity index (χ1n) is 6.56. The molecule has 0 radical (unpaired) electrons. The molecule has 106 valence electrons. The van der Waals surface area contributed by atoms with Gasteiger partial charge in [-0.15, -0.1) is 0 Å². The third-order valence-electron chi connectivity index (χ3n) is 3.18. The normalized spacial score (nSPS) is 11.2. The molecule has 1 heterocycles. The zero-order valence-corrected chi connectivity index (χ0v) is 12.1. The molecule has 0 aliphatic carbocycles. The first kappa shape index (κ1) is 15.3. The van der Waals surface area contributed by atoms with Crippen molar-refractivity contribution in [3.8, 4) is 0 Å². The Labute approximate surface area is 114 Å². The molecule has 0 bridgehead atoms. The maximum atomic E-state index is 11.7. The Morgan fingerprint density at radius 3 is 2.74 bits per heavy atom. The lowest BCUT2D eigenvalue weighted by atomic mass is 9.90. The molecule has 1 aromatic rings. The van der Waals surface area contributed by atoms with E-state index in [1.165, 1.54) is 0 Å². The van der Waals surface area contributed by atoms with E-state index < -0.39 is 5.97 Å². The Bertz CT molecular complexity index is 444. The number of nitrogen functional groups attached to an aromatic ring is 1. The Morgan fingerprint density at radius 2 is 2.16 bits per heavy atom. The minimum Gasteiger partial charge on any atom is -0.462 e. The predicted octanol–water partition coefficient (Wildman–Crippen LogP) is 2.69. The number of hydrogen-bond acceptors (Lipinski definition) is 5. The summed E-state index contributed by atoms with van der Waals surface area (Å²) >= 11 is 0. The molecule has 3 N–H and O–H groups in total. The van der Waals surface area contributed by atoms with Gasteiger partial charge in [0.05, 0.1) is 17.9 Å². The Kier molecular flexibility index (Phi) is 5.15. The van der Waals surface area contributed by atoms with E-state index >= 15 is 0 Å². The molecule has 0 aromatic carbocycles. The Hall–Kier alpha value is -1.78. The molecule has 0 spiro atoms. The number of anilines is 2. The lowest BCUT2D eigenvalue weighted by Gasteiger charge is -2.23. The van der Waals surface area contributed by atoms with E-state index in [2.05, 4.69) is 31.1 Å². The second kappa shape index (κ2) is 6.41. The van der Waals surface area contributed by atoms with Crippen LogP contribution >= 0.6 is 0 Å². The van der Waals surface area contributed by atoms with Crippen LogP contribution in [-0.2, 0) is 4.74 Å². The molecule has 5 heteroatoms. The number of nitrogens with zero attached hydrogens (tertiary/aromatic N) is 1. The third kappa shape index (κ3) is 4.12. The molecule has 0 fully saturated rings. The summed E-state index contributed by atoms with van der Waals surface area (Å²) in [6, 6.07) is 1.57. The number of nitrogens with one attached hydrogen (secondary N) is 1. The largest absolute Gasteiger partial charge is 0.462 e. The van der Waals surface area contributed by atoms with Crippen molar-refractivity contribution in [2.45, 2.75) is 34.1 Å². The lowest BCUT2D eigenvalue weighted by Crippen LogP contribution is -2.23. The highest BCUT2D eigenvalue weighted by molar-refractivity contribution is 5.97. The van der Waals surface area contributed by atoms with E-state index in [1.54, 1.807) is 19.2 Å². The van der Waals surface area contributed by atoms with Crippen LogP contribution in [0.2, 0.25) is 0 Å². The van der Waals surface area contributed by atoms with Gasteiger partial charge in [-0.1, -0.05) is 20.8 Å². The number of ether oxygens (including phenoxy) is 1. The van der Waals surface area contributed by atoms with Gasteiger partial charge in [0.15, 0.2) is 0 Å². The highest BCUT2D eigenvalue weighted by atomic mass is 16.5. The van der Waals surface area contributed by atoms with Gasteiger partial charge < -0.3 is 15.8 Å². The van der Waals surface area contributed by atoms with E-state index in [0.29, 0.717) is 23.7 Å². The average molecular weight is 265 g/mol. The smallest absolute Gasteiger partial charge is 0.340 e. The van der Waals surface area contributed by atoms with Crippen molar-refractivity contribution in [1.29, 1.82) is 0 Å². The number of hydrogen-bond donors (Lipinski definition) is 2. The summed E-state index contributed by atoms with van der Waals surface area (Å²) < 4.78 is 4.96. The van der Waals surface area contributed by atoms with Gasteiger partial charge in [0.25, 0.3) is 0 Å². The summed E-state index contributed by atoms with van der Waals surface area (Å²) in [4.78, 5) is 15.9. The molecule has 0 aliphatic rings. The van der Waals surface area contributed by atoms with Crippen molar-refractivity contribution in [3.63, 3.8) is 0 Å². The highest BCUT2D eigenvalue weighted by Gasteiger charge is 2.18. The molecule has 1 aromatic heterocycles. The SMILES string of the molecule is CCOC(=O)c1ccnc(NCC(C)(C)CC)c1N. The van der Waals surface area contributed by atoms with Crippen LogP contribution in [0.3, 0.4) is 0 Å². The number of nitrogens with two attached hydrogens (primary N) is 1. The fourth-order valence-electron chi connectivity index (χ4n) is 1.45. The first-order valence-corrected chi connectivity index (χ1v) is 6.56. The van der Waals surface area contributed by atoms with E-state index in [-0.39, 0.29) is 5.41 Å². The van der Waals surface area contributed by atoms with Gasteiger partial charge in [0, 0.05) is 12.7 Å². The zero-order chi connectivity index (χ0) is 14.5. The monoisotopic (exact) mass is 265 g/mol. The molecule has 0 saturated carbocycles. The van der Waals surface area contributed by atoms with Crippen molar-refractivity contribution in [1.82, 2.24) is 4.98 Å². The van der Waals surface area contributed by atoms with Crippen LogP contribution in [0, 0.1) is 5.41 Å². The minimum absolute atomic E-state index is 0.147. The lowest BCUT2D eigenvalue weighted by molar-refractivity contribution is 0.0527. The van der Waals surface area contributed by atoms with Gasteiger partial charge in [0.2, 0.25) is 0 Å². The molecule has 19 heavy (non-hydrogen) atoms. The van der Waals surface area contributed by atoms with Gasteiger partial charge in [-0.2, -0.15) is 0 Å². The number of carbonyl (C=O) groups excluding carboxylic acids is 1. The van der Waals surface area contributed by atoms with Crippen molar-refractivity contribution in [2.75, 3.05) is 24.2 Å². The van der Waals surface area contributed by atoms with Gasteiger partial charge in [0.1, 0.15) is 5.82 Å². The molecule has 0 saturated heterocycles. The van der Waals surface area contributed by atoms with Gasteiger partial charge >= 0.3 is 5.97 Å². The second-order valence-electron chi connectivity index (χ2n) is 5.21. The Morgan fingerprint density at radius 1 is 1.47 bits per heavy atom. The number of pyridine rings is 1. The van der Waals surface area contributed by atoms with Crippen LogP contribution in [0.1, 0.15) is 44.5 Å². The molecular weight excluding hydrogens is 242 g/mol. The third-order valence-corrected chi connectivity index (χ3v) is 3.18. The van der Waals surface area contributed by atoms with Crippen LogP contribution in [0.5, 0.6) is 0 Å². The standard InChI is InChI=1S/C14H23N3O2/c1-5-14(3,4)9-17-12-11(15)10(7-8-16-12)13(18)19-6-2/h7-8H,5-6,9,15H2,1-4H3,(H,16,17). The van der Waals surface area contributed by atoms with E-state index in [9.17, 15) is 4.79 Å². The van der Waals surface area contributed by atoms with Crippen LogP contribution in [-0.4, -0.2) is 24.1 Å². The van der Waals surface area contributed by atoms with E-state index in [1.807, 2.05) is 0 Å². The maximum Gasteiger partial charge on any atom is 0.340 e. The topological polar surface area (TPSA) is 77.2 Å². The number of aromatic nitrogens is 1. The molecule has 5 nitrogen and oxygen atoms in total. The first-order chi connectivity index (χ1) is 8.91. The van der Waals surface area contributed by atoms with Crippen LogP contribution in [0.4, 0.5) is 11.5 Å². The summed E-state index contributed by atoms with van der Waals surface area (Å²) in [6.07, 6.45) is 2.60. The van der Waals surface area contributed by atoms with E-state index in [4.69, 9.17) is 10.5 Å². The fraction of sp³-hybridized carbons (Fsp3) is 0.571. The van der Waals surface area contributed by atoms with Crippen molar-refractivity contribution in [2.24, 2.45) is 5.41 Å². The Balaban J connectivity index is 2.86. The highest BCUT2D eigenvalue weighted by Crippen LogP contribution is 2.24.